The second kappa shape index (κ2) is 8.68. The number of rotatable bonds is 3. The van der Waals surface area contributed by atoms with Crippen LogP contribution in [0, 0.1) is 0 Å². The molecule has 0 atom stereocenters. The van der Waals surface area contributed by atoms with E-state index < -0.39 is 0 Å². The van der Waals surface area contributed by atoms with Crippen molar-refractivity contribution in [3.05, 3.63) is 152 Å². The van der Waals surface area contributed by atoms with Gasteiger partial charge in [-0.3, -0.25) is 0 Å². The molecule has 4 heterocycles. The van der Waals surface area contributed by atoms with Crippen molar-refractivity contribution in [3.63, 3.8) is 0 Å². The number of nitrogens with zero attached hydrogens (tertiary/aromatic N) is 3. The molecule has 0 N–H and O–H groups in total. The molecule has 0 amide bonds. The molecule has 0 unspecified atom stereocenters. The first-order chi connectivity index (χ1) is 22.9. The Morgan fingerprint density at radius 3 is 1.72 bits per heavy atom. The zero-order valence-corrected chi connectivity index (χ0v) is 24.7. The van der Waals surface area contributed by atoms with Crippen molar-refractivity contribution in [2.45, 2.75) is 0 Å². The van der Waals surface area contributed by atoms with Crippen LogP contribution in [0.3, 0.4) is 0 Å². The molecule has 0 aliphatic heterocycles. The number of furan rings is 1. The molecule has 4 aromatic heterocycles. The van der Waals surface area contributed by atoms with Gasteiger partial charge in [-0.2, -0.15) is 0 Å². The van der Waals surface area contributed by atoms with Crippen molar-refractivity contribution in [2.24, 2.45) is 0 Å². The van der Waals surface area contributed by atoms with Gasteiger partial charge in [0.2, 0.25) is 0 Å². The lowest BCUT2D eigenvalue weighted by atomic mass is 10.1. The number of fused-ring (bicyclic) bond motifs is 12. The van der Waals surface area contributed by atoms with Crippen LogP contribution in [0.1, 0.15) is 0 Å². The summed E-state index contributed by atoms with van der Waals surface area (Å²) in [6.45, 7) is 0. The van der Waals surface area contributed by atoms with Crippen molar-refractivity contribution >= 4 is 93.6 Å². The maximum atomic E-state index is 7.05. The highest BCUT2D eigenvalue weighted by atomic mass is 16.3. The first-order valence-electron chi connectivity index (χ1n) is 15.7. The van der Waals surface area contributed by atoms with Crippen molar-refractivity contribution in [1.82, 2.24) is 8.80 Å². The average Bonchev–Trinajstić information content (AvgIpc) is 3.78. The fourth-order valence-electron chi connectivity index (χ4n) is 8.00. The minimum Gasteiger partial charge on any atom is -0.454 e. The molecule has 0 radical (unpaired) electrons. The van der Waals surface area contributed by atoms with Crippen LogP contribution in [-0.2, 0) is 0 Å². The van der Waals surface area contributed by atoms with Crippen LogP contribution in [0.2, 0.25) is 0 Å². The Hall–Kier alpha value is -6.26. The Balaban J connectivity index is 1.39. The molecule has 11 aromatic rings. The van der Waals surface area contributed by atoms with E-state index >= 15 is 0 Å². The highest BCUT2D eigenvalue weighted by Gasteiger charge is 2.26. The predicted molar refractivity (Wildman–Crippen MR) is 192 cm³/mol. The molecular weight excluding hydrogens is 562 g/mol. The number of anilines is 3. The smallest absolute Gasteiger partial charge is 0.159 e. The van der Waals surface area contributed by atoms with E-state index in [1.807, 2.05) is 0 Å². The third-order valence-electron chi connectivity index (χ3n) is 9.78. The monoisotopic (exact) mass is 587 g/mol. The molecule has 46 heavy (non-hydrogen) atoms. The van der Waals surface area contributed by atoms with Crippen LogP contribution in [0.15, 0.2) is 156 Å². The summed E-state index contributed by atoms with van der Waals surface area (Å²) in [6.07, 6.45) is 0. The van der Waals surface area contributed by atoms with Crippen LogP contribution >= 0.6 is 0 Å². The lowest BCUT2D eigenvalue weighted by molar-refractivity contribution is 0.669. The van der Waals surface area contributed by atoms with Crippen molar-refractivity contribution < 1.29 is 4.42 Å². The topological polar surface area (TPSA) is 25.2 Å². The van der Waals surface area contributed by atoms with Gasteiger partial charge in [-0.15, -0.1) is 0 Å². The molecule has 0 spiro atoms. The predicted octanol–water partition coefficient (Wildman–Crippen LogP) is 11.6. The van der Waals surface area contributed by atoms with Crippen LogP contribution in [0.4, 0.5) is 17.1 Å². The summed E-state index contributed by atoms with van der Waals surface area (Å²) in [4.78, 5) is 2.30. The van der Waals surface area contributed by atoms with E-state index in [0.717, 1.165) is 39.0 Å². The Bertz CT molecular complexity index is 2930. The Labute approximate surface area is 262 Å². The van der Waals surface area contributed by atoms with Gasteiger partial charge in [0.15, 0.2) is 5.58 Å². The van der Waals surface area contributed by atoms with Crippen molar-refractivity contribution in [2.75, 3.05) is 4.90 Å². The number of benzene rings is 7. The Kier molecular flexibility index (Phi) is 4.55. The average molecular weight is 588 g/mol. The van der Waals surface area contributed by atoms with Gasteiger partial charge in [0.05, 0.1) is 44.2 Å². The summed E-state index contributed by atoms with van der Waals surface area (Å²) in [7, 11) is 0. The van der Waals surface area contributed by atoms with E-state index in [2.05, 4.69) is 165 Å². The minimum atomic E-state index is 0.872. The van der Waals surface area contributed by atoms with Crippen LogP contribution in [0.5, 0.6) is 0 Å². The number of aromatic nitrogens is 2. The van der Waals surface area contributed by atoms with Crippen LogP contribution < -0.4 is 4.90 Å². The molecule has 7 aromatic carbocycles. The normalized spacial score (nSPS) is 12.3. The second-order valence-corrected chi connectivity index (χ2v) is 12.1. The molecule has 0 saturated carbocycles. The Morgan fingerprint density at radius 1 is 0.413 bits per heavy atom. The number of para-hydroxylation sites is 6. The second-order valence-electron chi connectivity index (χ2n) is 12.1. The fraction of sp³-hybridized carbons (Fsp3) is 0. The summed E-state index contributed by atoms with van der Waals surface area (Å²) < 4.78 is 12.0. The molecule has 0 aliphatic rings. The Morgan fingerprint density at radius 2 is 0.978 bits per heavy atom. The molecule has 11 rings (SSSR count). The first kappa shape index (κ1) is 24.1. The summed E-state index contributed by atoms with van der Waals surface area (Å²) in [5.41, 5.74) is 12.2. The molecule has 0 fully saturated rings. The van der Waals surface area contributed by atoms with Crippen LogP contribution in [-0.4, -0.2) is 8.80 Å². The molecular formula is C42H25N3O. The highest BCUT2D eigenvalue weighted by Crippen LogP contribution is 2.48. The molecule has 214 valence electrons. The summed E-state index contributed by atoms with van der Waals surface area (Å²) in [5, 5.41) is 7.17. The largest absolute Gasteiger partial charge is 0.454 e. The van der Waals surface area contributed by atoms with Gasteiger partial charge < -0.3 is 18.1 Å². The summed E-state index contributed by atoms with van der Waals surface area (Å²) in [5.74, 6) is 0. The van der Waals surface area contributed by atoms with Crippen molar-refractivity contribution in [1.29, 1.82) is 0 Å². The maximum absolute atomic E-state index is 7.05. The van der Waals surface area contributed by atoms with Gasteiger partial charge in [0.25, 0.3) is 0 Å². The van der Waals surface area contributed by atoms with E-state index in [4.69, 9.17) is 4.42 Å². The van der Waals surface area contributed by atoms with Gasteiger partial charge in [-0.25, -0.2) is 0 Å². The molecule has 4 nitrogen and oxygen atoms in total. The minimum absolute atomic E-state index is 0.872. The van der Waals surface area contributed by atoms with E-state index in [1.54, 1.807) is 0 Å². The van der Waals surface area contributed by atoms with Crippen molar-refractivity contribution in [3.8, 4) is 0 Å². The molecule has 0 bridgehead atoms. The SMILES string of the molecule is c1ccc(N(c2ccccc2)c2cccc3c2oc2cc4c5ccccc5n5c6cccc7c8ccccc8n(c76)c(c23)c45)cc1. The first-order valence-corrected chi connectivity index (χ1v) is 15.7. The zero-order chi connectivity index (χ0) is 29.9. The third-order valence-corrected chi connectivity index (χ3v) is 9.78. The van der Waals surface area contributed by atoms with Crippen LogP contribution in [0.25, 0.3) is 76.6 Å². The summed E-state index contributed by atoms with van der Waals surface area (Å²) in [6, 6.07) is 54.2. The zero-order valence-electron chi connectivity index (χ0n) is 24.7. The molecule has 0 aliphatic carbocycles. The van der Waals surface area contributed by atoms with Gasteiger partial charge in [-0.05, 0) is 54.6 Å². The molecule has 4 heteroatoms. The van der Waals surface area contributed by atoms with E-state index in [0.29, 0.717) is 0 Å². The number of hydrogen-bond donors (Lipinski definition) is 0. The lowest BCUT2D eigenvalue weighted by Gasteiger charge is -2.25. The highest BCUT2D eigenvalue weighted by molar-refractivity contribution is 6.30. The molecule has 0 saturated heterocycles. The lowest BCUT2D eigenvalue weighted by Crippen LogP contribution is -2.09. The van der Waals surface area contributed by atoms with E-state index in [-0.39, 0.29) is 0 Å². The van der Waals surface area contributed by atoms with Gasteiger partial charge >= 0.3 is 0 Å². The van der Waals surface area contributed by atoms with Gasteiger partial charge in [0.1, 0.15) is 5.58 Å². The summed E-state index contributed by atoms with van der Waals surface area (Å²) >= 11 is 0. The fourth-order valence-corrected chi connectivity index (χ4v) is 8.00. The quantitative estimate of drug-likeness (QED) is 0.192. The van der Waals surface area contributed by atoms with Gasteiger partial charge in [-0.1, -0.05) is 97.1 Å². The standard InChI is InChI=1S/C42H25N3O/c1-3-13-26(14-4-1)43(27-15-5-2-6-16-27)36-24-12-20-31-38-37(46-42(31)36)25-32-29-18-8-9-21-33(29)44-35-23-11-19-30-28-17-7-10-22-34(28)45(39(30)35)41(38)40(32)44/h1-25H. The maximum Gasteiger partial charge on any atom is 0.159 e. The van der Waals surface area contributed by atoms with Gasteiger partial charge in [0, 0.05) is 38.3 Å². The van der Waals surface area contributed by atoms with E-state index in [9.17, 15) is 0 Å². The third kappa shape index (κ3) is 2.94. The number of hydrogen-bond acceptors (Lipinski definition) is 2. The van der Waals surface area contributed by atoms with E-state index in [1.165, 1.54) is 54.6 Å².